The van der Waals surface area contributed by atoms with E-state index in [4.69, 9.17) is 33.6 Å². The van der Waals surface area contributed by atoms with Crippen LogP contribution in [0.4, 0.5) is 0 Å². The van der Waals surface area contributed by atoms with Crippen LogP contribution < -0.4 is 30.2 Å². The lowest BCUT2D eigenvalue weighted by molar-refractivity contribution is -0.137. The van der Waals surface area contributed by atoms with Crippen molar-refractivity contribution in [2.45, 2.75) is 167 Å². The highest BCUT2D eigenvalue weighted by Crippen LogP contribution is 2.68. The summed E-state index contributed by atoms with van der Waals surface area (Å²) >= 11 is 0. The summed E-state index contributed by atoms with van der Waals surface area (Å²) in [7, 11) is 2.92. The Kier molecular flexibility index (Phi) is 22.6. The lowest BCUT2D eigenvalue weighted by Gasteiger charge is -2.26. The maximum absolute atomic E-state index is 14.5. The molecule has 7 N–H and O–H groups in total. The number of carbonyl (C=O) groups excluding carboxylic acids is 4. The van der Waals surface area contributed by atoms with Crippen LogP contribution in [0.3, 0.4) is 0 Å². The van der Waals surface area contributed by atoms with Gasteiger partial charge in [-0.05, 0) is 182 Å². The summed E-state index contributed by atoms with van der Waals surface area (Å²) in [4.78, 5) is 59.1. The van der Waals surface area contributed by atoms with Gasteiger partial charge < -0.3 is 52.7 Å². The van der Waals surface area contributed by atoms with Crippen LogP contribution in [0, 0.1) is 10.8 Å². The van der Waals surface area contributed by atoms with Gasteiger partial charge in [0.05, 0.1) is 74.0 Å². The molecule has 4 heterocycles. The Morgan fingerprint density at radius 3 is 1.30 bits per heavy atom. The van der Waals surface area contributed by atoms with Gasteiger partial charge >= 0.3 is 11.9 Å². The Morgan fingerprint density at radius 2 is 0.939 bits per heavy atom. The number of likely N-dealkylation sites (N-methyl/N-ethyl adjacent to an activating group) is 4. The van der Waals surface area contributed by atoms with E-state index in [1.807, 2.05) is 96.9 Å². The summed E-state index contributed by atoms with van der Waals surface area (Å²) in [5.74, 6) is 1.95. The highest BCUT2D eigenvalue weighted by atomic mass is 32.2. The number of nitrogens with two attached hydrogens (primary N) is 3. The number of hydrogen-bond donors (Lipinski definition) is 4. The topological polar surface area (TPSA) is 302 Å². The van der Waals surface area contributed by atoms with Crippen molar-refractivity contribution in [2.75, 3.05) is 95.0 Å². The fourth-order valence-corrected chi connectivity index (χ4v) is 15.9. The van der Waals surface area contributed by atoms with Crippen molar-refractivity contribution in [1.29, 1.82) is 0 Å². The quantitative estimate of drug-likeness (QED) is 0.0385. The number of benzene rings is 4. The standard InChI is InChI=1S/C37H50N4O7S.C37H49N3O5.H4N2O2S/c1-36(2,3)48-34(42)25-12-14-28-31(20-25)41-23-37(35(43)39(4)16-18-47-19-17-40(5)49(38,44)45)22-30(37)29-21-26(46-6)13-15-27(29)33(41)32(28)24-10-8-7-9-11-24;1-36(2,3)45-34(41)25-12-14-28-31(20-25)40-23-37(35(42)39(5)17-19-44-18-16-38-4)22-30(37)29-21-26(43-6)13-15-27(29)33(40)32(28)24-10-8-7-9-11-24;1-5(2,3)4/h12-15,20-21,24,30H,7-11,16-19,22-23H2,1-6H3,(H2,38,44,45);12-15,20-21,24,30,38H,7-11,16-19,22-23H2,1-6H3;(H4,1,2,3,4)/t2*30-,37-;/m11./s1. The van der Waals surface area contributed by atoms with Crippen LogP contribution in [0.1, 0.15) is 185 Å². The van der Waals surface area contributed by atoms with Crippen molar-refractivity contribution in [3.63, 3.8) is 0 Å². The molecule has 4 aromatic carbocycles. The molecule has 2 aliphatic heterocycles. The summed E-state index contributed by atoms with van der Waals surface area (Å²) in [5, 5.41) is 18.8. The molecule has 540 valence electrons. The van der Waals surface area contributed by atoms with Crippen LogP contribution in [0.25, 0.3) is 44.3 Å². The van der Waals surface area contributed by atoms with E-state index in [1.165, 1.54) is 78.9 Å². The summed E-state index contributed by atoms with van der Waals surface area (Å²) in [6.07, 6.45) is 13.3. The number of carbonyl (C=O) groups is 4. The second-order valence-corrected chi connectivity index (χ2v) is 32.6. The van der Waals surface area contributed by atoms with Gasteiger partial charge in [-0.25, -0.2) is 25.0 Å². The Hall–Kier alpha value is -6.94. The molecule has 2 aromatic heterocycles. The van der Waals surface area contributed by atoms with Gasteiger partial charge in [-0.3, -0.25) is 9.59 Å². The summed E-state index contributed by atoms with van der Waals surface area (Å²) in [6, 6.07) is 24.6. The third-order valence-corrected chi connectivity index (χ3v) is 21.5. The third kappa shape index (κ3) is 16.7. The number of methoxy groups -OCH3 is 2. The first-order chi connectivity index (χ1) is 46.7. The fourth-order valence-electron chi connectivity index (χ4n) is 15.6. The van der Waals surface area contributed by atoms with Crippen molar-refractivity contribution >= 4 is 66.0 Å². The molecule has 0 unspecified atom stereocenters. The lowest BCUT2D eigenvalue weighted by Crippen LogP contribution is -2.39. The summed E-state index contributed by atoms with van der Waals surface area (Å²) in [6.45, 7) is 15.7. The van der Waals surface area contributed by atoms with Crippen LogP contribution in [0.2, 0.25) is 0 Å². The predicted octanol–water partition coefficient (Wildman–Crippen LogP) is 10.1. The molecule has 4 saturated carbocycles. The van der Waals surface area contributed by atoms with E-state index < -0.39 is 42.5 Å². The molecule has 0 radical (unpaired) electrons. The first kappa shape index (κ1) is 74.7. The van der Waals surface area contributed by atoms with E-state index in [0.29, 0.717) is 68.8 Å². The number of esters is 2. The van der Waals surface area contributed by atoms with Crippen molar-refractivity contribution in [2.24, 2.45) is 26.2 Å². The molecule has 0 saturated heterocycles. The minimum absolute atomic E-state index is 0.0000677. The van der Waals surface area contributed by atoms with Crippen molar-refractivity contribution in [3.8, 4) is 34.0 Å². The monoisotopic (exact) mass is 1410 g/mol. The zero-order chi connectivity index (χ0) is 71.7. The highest BCUT2D eigenvalue weighted by Gasteiger charge is 2.65. The van der Waals surface area contributed by atoms with Gasteiger partial charge in [0.25, 0.3) is 20.4 Å². The molecular formula is C74H103N9O14S2. The molecule has 99 heavy (non-hydrogen) atoms. The van der Waals surface area contributed by atoms with Crippen LogP contribution in [-0.2, 0) is 62.0 Å². The molecule has 6 aliphatic rings. The maximum Gasteiger partial charge on any atom is 0.338 e. The lowest BCUT2D eigenvalue weighted by atomic mass is 9.81. The highest BCUT2D eigenvalue weighted by molar-refractivity contribution is 7.87. The number of rotatable bonds is 21. The molecule has 23 nitrogen and oxygen atoms in total. The molecule has 4 atom stereocenters. The Morgan fingerprint density at radius 1 is 0.556 bits per heavy atom. The maximum atomic E-state index is 14.5. The minimum Gasteiger partial charge on any atom is -0.497 e. The number of nitrogens with zero attached hydrogens (tertiary/aromatic N) is 5. The van der Waals surface area contributed by atoms with Crippen LogP contribution in [0.5, 0.6) is 11.5 Å². The minimum atomic E-state index is -3.78. The van der Waals surface area contributed by atoms with Gasteiger partial charge in [0.2, 0.25) is 11.8 Å². The average Bonchev–Trinajstić information content (AvgIpc) is 1.53. The second kappa shape index (κ2) is 29.9. The first-order valence-corrected chi connectivity index (χ1v) is 37.8. The number of fused-ring (bicyclic) bond motifs is 14. The van der Waals surface area contributed by atoms with Gasteiger partial charge in [0.1, 0.15) is 22.7 Å². The van der Waals surface area contributed by atoms with Gasteiger partial charge in [0.15, 0.2) is 0 Å². The van der Waals surface area contributed by atoms with Gasteiger partial charge in [0, 0.05) is 105 Å². The third-order valence-electron chi connectivity index (χ3n) is 20.5. The fraction of sp³-hybridized carbons (Fsp3) is 0.568. The number of amides is 2. The molecule has 0 spiro atoms. The molecule has 2 amide bonds. The van der Waals surface area contributed by atoms with Crippen molar-refractivity contribution in [3.05, 3.63) is 106 Å². The number of ether oxygens (including phenoxy) is 6. The predicted molar refractivity (Wildman–Crippen MR) is 383 cm³/mol. The normalized spacial score (nSPS) is 20.4. The average molecular weight is 1410 g/mol. The summed E-state index contributed by atoms with van der Waals surface area (Å²) < 4.78 is 81.5. The molecular weight excluding hydrogens is 1300 g/mol. The molecule has 25 heteroatoms. The smallest absolute Gasteiger partial charge is 0.338 e. The van der Waals surface area contributed by atoms with Crippen LogP contribution in [0.15, 0.2) is 72.8 Å². The molecule has 6 aromatic rings. The molecule has 0 bridgehead atoms. The molecule has 4 aliphatic carbocycles. The Bertz CT molecular complexity index is 4210. The Balaban J connectivity index is 0.000000201. The SMILES string of the molecule is CNCCOCCN(C)C(=O)[C@@]12C[C@@H]1c1cc(OC)ccc1-c1c(C3CCCCC3)c3ccc(C(=O)OC(C)(C)C)cc3n1C2.COc1ccc2c(c1)[C@H]1C[C@@]1(C(=O)N(C)CCOCCN(C)S(N)(=O)=O)Cn1c-2c(C2CCCCC2)c2ccc(C(=O)OC(C)(C)C)cc21.NS(N)(=O)=O. The van der Waals surface area contributed by atoms with Gasteiger partial charge in [-0.15, -0.1) is 0 Å². The largest absolute Gasteiger partial charge is 0.497 e. The van der Waals surface area contributed by atoms with Crippen molar-refractivity contribution < 1.29 is 64.4 Å². The summed E-state index contributed by atoms with van der Waals surface area (Å²) in [5.41, 5.74) is 10.1. The first-order valence-electron chi connectivity index (χ1n) is 34.7. The zero-order valence-corrected chi connectivity index (χ0v) is 61.4. The van der Waals surface area contributed by atoms with Gasteiger partial charge in [-0.1, -0.05) is 50.7 Å². The second-order valence-electron chi connectivity index (χ2n) is 29.8. The molecule has 12 rings (SSSR count). The Labute approximate surface area is 584 Å². The zero-order valence-electron chi connectivity index (χ0n) is 59.8. The van der Waals surface area contributed by atoms with Crippen LogP contribution >= 0.6 is 0 Å². The van der Waals surface area contributed by atoms with E-state index in [-0.39, 0.29) is 55.3 Å². The van der Waals surface area contributed by atoms with Gasteiger partial charge in [-0.2, -0.15) is 21.1 Å². The van der Waals surface area contributed by atoms with E-state index in [2.05, 4.69) is 61.1 Å². The molecule has 4 fully saturated rings. The van der Waals surface area contributed by atoms with Crippen LogP contribution in [-0.4, -0.2) is 170 Å². The van der Waals surface area contributed by atoms with E-state index in [9.17, 15) is 36.0 Å². The number of hydrogen-bond acceptors (Lipinski definition) is 15. The van der Waals surface area contributed by atoms with Crippen molar-refractivity contribution in [1.82, 2.24) is 28.6 Å². The number of aromatic nitrogens is 2. The number of nitrogens with one attached hydrogen (secondary N) is 1. The van der Waals surface area contributed by atoms with E-state index >= 15 is 0 Å². The van der Waals surface area contributed by atoms with E-state index in [1.54, 1.807) is 26.2 Å². The van der Waals surface area contributed by atoms with E-state index in [0.717, 1.165) is 87.7 Å².